The zero-order valence-corrected chi connectivity index (χ0v) is 12.2. The maximum Gasteiger partial charge on any atom is 0.427 e. The SMILES string of the molecule is [CH3][Al]([S]C(C)(C)C)[S]C(C)(C)C. The Hall–Kier alpha value is 1.23. The van der Waals surface area contributed by atoms with Gasteiger partial charge in [0.05, 0.1) is 0 Å². The van der Waals surface area contributed by atoms with Crippen molar-refractivity contribution in [2.24, 2.45) is 0 Å². The van der Waals surface area contributed by atoms with Gasteiger partial charge in [-0.1, -0.05) is 47.3 Å². The van der Waals surface area contributed by atoms with Crippen molar-refractivity contribution < 1.29 is 0 Å². The summed E-state index contributed by atoms with van der Waals surface area (Å²) in [5.74, 6) is 2.44. The van der Waals surface area contributed by atoms with Gasteiger partial charge in [0.2, 0.25) is 0 Å². The molecule has 0 unspecified atom stereocenters. The molecule has 0 fully saturated rings. The molecule has 0 radical (unpaired) electrons. The van der Waals surface area contributed by atoms with Crippen LogP contribution in [-0.4, -0.2) is 21.4 Å². The summed E-state index contributed by atoms with van der Waals surface area (Å²) in [6, 6.07) is 0. The summed E-state index contributed by atoms with van der Waals surface area (Å²) in [7, 11) is 4.37. The van der Waals surface area contributed by atoms with E-state index >= 15 is 0 Å². The minimum absolute atomic E-state index is 0.448. The van der Waals surface area contributed by atoms with Gasteiger partial charge in [-0.2, -0.15) is 0 Å². The highest BCUT2D eigenvalue weighted by molar-refractivity contribution is 8.54. The van der Waals surface area contributed by atoms with Crippen LogP contribution in [0.1, 0.15) is 41.5 Å². The molecule has 0 aliphatic heterocycles. The molecular weight excluding hydrogens is 199 g/mol. The average Bonchev–Trinajstić information content (AvgIpc) is 1.49. The Morgan fingerprint density at radius 2 is 1.00 bits per heavy atom. The Morgan fingerprint density at radius 1 is 0.750 bits per heavy atom. The molecule has 0 spiro atoms. The van der Waals surface area contributed by atoms with Crippen LogP contribution in [0.3, 0.4) is 0 Å². The summed E-state index contributed by atoms with van der Waals surface area (Å²) in [4.78, 5) is 0. The molecule has 3 heteroatoms. The predicted molar refractivity (Wildman–Crippen MR) is 66.3 cm³/mol. The number of rotatable bonds is 2. The molecule has 0 saturated carbocycles. The number of hydrogen-bond acceptors (Lipinski definition) is 2. The molecule has 0 amide bonds. The van der Waals surface area contributed by atoms with E-state index in [1.807, 2.05) is 0 Å². The topological polar surface area (TPSA) is 0 Å². The van der Waals surface area contributed by atoms with Crippen molar-refractivity contribution in [1.29, 1.82) is 0 Å². The van der Waals surface area contributed by atoms with E-state index in [9.17, 15) is 0 Å². The Kier molecular flexibility index (Phi) is 5.12. The van der Waals surface area contributed by atoms with Crippen molar-refractivity contribution in [3.8, 4) is 0 Å². The Labute approximate surface area is 88.7 Å². The first-order valence-electron chi connectivity index (χ1n) is 4.46. The van der Waals surface area contributed by atoms with E-state index < -0.39 is 11.9 Å². The second-order valence-corrected chi connectivity index (χ2v) is 15.6. The molecule has 0 aliphatic carbocycles. The summed E-state index contributed by atoms with van der Waals surface area (Å²) in [5.41, 5.74) is 0. The first-order chi connectivity index (χ1) is 5.10. The molecule has 0 heterocycles. The Morgan fingerprint density at radius 3 is 1.17 bits per heavy atom. The van der Waals surface area contributed by atoms with Crippen LogP contribution < -0.4 is 0 Å². The molecule has 0 atom stereocenters. The van der Waals surface area contributed by atoms with Gasteiger partial charge in [-0.25, -0.2) is 20.3 Å². The van der Waals surface area contributed by atoms with E-state index in [1.165, 1.54) is 0 Å². The maximum atomic E-state index is 2.44. The molecule has 0 aliphatic rings. The van der Waals surface area contributed by atoms with Gasteiger partial charge in [0.25, 0.3) is 0 Å². The van der Waals surface area contributed by atoms with Crippen LogP contribution in [-0.2, 0) is 0 Å². The fourth-order valence-electron chi connectivity index (χ4n) is 1.02. The molecule has 72 valence electrons. The van der Waals surface area contributed by atoms with Crippen molar-refractivity contribution in [3.63, 3.8) is 0 Å². The van der Waals surface area contributed by atoms with Gasteiger partial charge in [-0.05, 0) is 9.49 Å². The van der Waals surface area contributed by atoms with Crippen molar-refractivity contribution >= 4 is 32.1 Å². The maximum absolute atomic E-state index is 2.44. The van der Waals surface area contributed by atoms with Crippen molar-refractivity contribution in [2.75, 3.05) is 0 Å². The molecule has 0 aromatic carbocycles. The van der Waals surface area contributed by atoms with Crippen molar-refractivity contribution in [3.05, 3.63) is 0 Å². The standard InChI is InChI=1S/2C4H10S.CH3.Al/c2*1-4(2,3)5;;/h2*5H,1-3H3;1H3;/q;;;+2/p-2. The lowest BCUT2D eigenvalue weighted by Gasteiger charge is -2.26. The minimum Gasteiger partial charge on any atom is -0.235 e. The first kappa shape index (κ1) is 13.2. The summed E-state index contributed by atoms with van der Waals surface area (Å²) in [5, 5.41) is 0. The third kappa shape index (κ3) is 9.32. The zero-order chi connectivity index (χ0) is 9.99. The lowest BCUT2D eigenvalue weighted by Crippen LogP contribution is -2.19. The van der Waals surface area contributed by atoms with Crippen LogP contribution >= 0.6 is 20.3 Å². The second kappa shape index (κ2) is 4.64. The van der Waals surface area contributed by atoms with Gasteiger partial charge in [0.1, 0.15) is 0 Å². The third-order valence-electron chi connectivity index (χ3n) is 1.04. The van der Waals surface area contributed by atoms with Crippen LogP contribution in [0.5, 0.6) is 0 Å². The highest BCUT2D eigenvalue weighted by Crippen LogP contribution is 2.36. The van der Waals surface area contributed by atoms with E-state index in [2.05, 4.69) is 67.6 Å². The van der Waals surface area contributed by atoms with Crippen LogP contribution in [0.15, 0.2) is 0 Å². The highest BCUT2D eigenvalue weighted by Gasteiger charge is 2.26. The predicted octanol–water partition coefficient (Wildman–Crippen LogP) is 4.17. The van der Waals surface area contributed by atoms with Crippen LogP contribution in [0.2, 0.25) is 5.79 Å². The van der Waals surface area contributed by atoms with E-state index in [-0.39, 0.29) is 0 Å². The van der Waals surface area contributed by atoms with Crippen LogP contribution in [0, 0.1) is 0 Å². The fraction of sp³-hybridized carbons (Fsp3) is 1.00. The molecular formula is C9H21AlS2. The summed E-state index contributed by atoms with van der Waals surface area (Å²) in [6.07, 6.45) is 0. The molecule has 12 heavy (non-hydrogen) atoms. The Balaban J connectivity index is 3.83. The Bertz CT molecular complexity index is 116. The quantitative estimate of drug-likeness (QED) is 0.641. The molecule has 0 aromatic heterocycles. The van der Waals surface area contributed by atoms with Gasteiger partial charge in [0.15, 0.2) is 0 Å². The van der Waals surface area contributed by atoms with Gasteiger partial charge in [0, 0.05) is 0 Å². The third-order valence-corrected chi connectivity index (χ3v) is 11.1. The molecule has 0 N–H and O–H groups in total. The van der Waals surface area contributed by atoms with Gasteiger partial charge in [-0.3, -0.25) is 0 Å². The van der Waals surface area contributed by atoms with Gasteiger partial charge in [-0.15, -0.1) is 0 Å². The molecule has 0 nitrogen and oxygen atoms in total. The average molecular weight is 220 g/mol. The van der Waals surface area contributed by atoms with E-state index in [0.717, 1.165) is 0 Å². The molecule has 0 saturated heterocycles. The van der Waals surface area contributed by atoms with Crippen molar-refractivity contribution in [1.82, 2.24) is 0 Å². The van der Waals surface area contributed by atoms with Crippen LogP contribution in [0.25, 0.3) is 0 Å². The van der Waals surface area contributed by atoms with Crippen molar-refractivity contribution in [2.45, 2.75) is 56.8 Å². The lowest BCUT2D eigenvalue weighted by molar-refractivity contribution is 0.807. The monoisotopic (exact) mass is 220 g/mol. The first-order valence-corrected chi connectivity index (χ1v) is 10.2. The highest BCUT2D eigenvalue weighted by atomic mass is 32.5. The largest absolute Gasteiger partial charge is 0.427 e. The fourth-order valence-corrected chi connectivity index (χ4v) is 14.8. The zero-order valence-electron chi connectivity index (χ0n) is 9.39. The van der Waals surface area contributed by atoms with E-state index in [1.54, 1.807) is 0 Å². The lowest BCUT2D eigenvalue weighted by atomic mass is 10.3. The van der Waals surface area contributed by atoms with Gasteiger partial charge < -0.3 is 0 Å². The molecule has 0 rings (SSSR count). The van der Waals surface area contributed by atoms with Gasteiger partial charge >= 0.3 is 11.9 Å². The normalized spacial score (nSPS) is 13.2. The van der Waals surface area contributed by atoms with Crippen LogP contribution in [0.4, 0.5) is 0 Å². The summed E-state index contributed by atoms with van der Waals surface area (Å²) in [6.45, 7) is 13.9. The smallest absolute Gasteiger partial charge is 0.235 e. The van der Waals surface area contributed by atoms with E-state index in [4.69, 9.17) is 0 Å². The summed E-state index contributed by atoms with van der Waals surface area (Å²) >= 11 is -0.619. The second-order valence-electron chi connectivity index (χ2n) is 5.03. The molecule has 0 bridgehead atoms. The van der Waals surface area contributed by atoms with E-state index in [0.29, 0.717) is 9.49 Å². The minimum atomic E-state index is -0.619. The molecule has 0 aromatic rings. The summed E-state index contributed by atoms with van der Waals surface area (Å²) < 4.78 is 0.897. The number of hydrogen-bond donors (Lipinski definition) is 0.